The van der Waals surface area contributed by atoms with Gasteiger partial charge in [-0.25, -0.2) is 4.68 Å². The predicted octanol–water partition coefficient (Wildman–Crippen LogP) is 0.422. The molecule has 0 radical (unpaired) electrons. The van der Waals surface area contributed by atoms with E-state index in [1.807, 2.05) is 13.8 Å². The van der Waals surface area contributed by atoms with Crippen LogP contribution in [0.3, 0.4) is 0 Å². The summed E-state index contributed by atoms with van der Waals surface area (Å²) < 4.78 is 12.6. The third-order valence-corrected chi connectivity index (χ3v) is 4.30. The number of nitrogens with one attached hydrogen (secondary N) is 1. The Morgan fingerprint density at radius 3 is 2.61 bits per heavy atom. The molecular formula is C18H24N6O4. The molecule has 1 aliphatic heterocycles. The quantitative estimate of drug-likeness (QED) is 0.732. The SMILES string of the molecule is CC(C)n1nnnc1COc1ccc(C(=O)NCC(=O)N2CCOCC2)cc1. The van der Waals surface area contributed by atoms with Crippen LogP contribution in [0.1, 0.15) is 36.1 Å². The lowest BCUT2D eigenvalue weighted by atomic mass is 10.2. The first-order valence-corrected chi connectivity index (χ1v) is 9.18. The summed E-state index contributed by atoms with van der Waals surface area (Å²) >= 11 is 0. The Hall–Kier alpha value is -3.01. The average molecular weight is 388 g/mol. The summed E-state index contributed by atoms with van der Waals surface area (Å²) in [6.07, 6.45) is 0. The van der Waals surface area contributed by atoms with Crippen LogP contribution in [0.25, 0.3) is 0 Å². The van der Waals surface area contributed by atoms with Crippen molar-refractivity contribution in [2.45, 2.75) is 26.5 Å². The molecule has 10 nitrogen and oxygen atoms in total. The summed E-state index contributed by atoms with van der Waals surface area (Å²) in [6, 6.07) is 6.83. The number of ether oxygens (including phenoxy) is 2. The van der Waals surface area contributed by atoms with Gasteiger partial charge in [-0.1, -0.05) is 0 Å². The molecular weight excluding hydrogens is 364 g/mol. The Morgan fingerprint density at radius 1 is 1.21 bits per heavy atom. The van der Waals surface area contributed by atoms with E-state index < -0.39 is 0 Å². The highest BCUT2D eigenvalue weighted by molar-refractivity contribution is 5.96. The maximum absolute atomic E-state index is 12.2. The van der Waals surface area contributed by atoms with Gasteiger partial charge in [-0.05, 0) is 48.5 Å². The Kier molecular flexibility index (Phi) is 6.53. The second kappa shape index (κ2) is 9.27. The zero-order chi connectivity index (χ0) is 19.9. The number of nitrogens with zero attached hydrogens (tertiary/aromatic N) is 5. The third-order valence-electron chi connectivity index (χ3n) is 4.30. The number of aromatic nitrogens is 4. The van der Waals surface area contributed by atoms with E-state index in [1.54, 1.807) is 33.8 Å². The van der Waals surface area contributed by atoms with Gasteiger partial charge >= 0.3 is 0 Å². The molecule has 2 heterocycles. The van der Waals surface area contributed by atoms with Crippen molar-refractivity contribution < 1.29 is 19.1 Å². The third kappa shape index (κ3) is 5.03. The van der Waals surface area contributed by atoms with E-state index in [4.69, 9.17) is 9.47 Å². The van der Waals surface area contributed by atoms with Gasteiger partial charge in [-0.3, -0.25) is 9.59 Å². The minimum atomic E-state index is -0.308. The van der Waals surface area contributed by atoms with E-state index in [9.17, 15) is 9.59 Å². The van der Waals surface area contributed by atoms with E-state index in [1.165, 1.54) is 0 Å². The van der Waals surface area contributed by atoms with Crippen molar-refractivity contribution in [3.05, 3.63) is 35.7 Å². The van der Waals surface area contributed by atoms with E-state index in [2.05, 4.69) is 20.8 Å². The van der Waals surface area contributed by atoms with Crippen LogP contribution in [0, 0.1) is 0 Å². The number of carbonyl (C=O) groups is 2. The van der Waals surface area contributed by atoms with Gasteiger partial charge in [0.1, 0.15) is 12.4 Å². The summed E-state index contributed by atoms with van der Waals surface area (Å²) in [4.78, 5) is 26.0. The molecule has 1 fully saturated rings. The molecule has 1 aromatic heterocycles. The molecule has 28 heavy (non-hydrogen) atoms. The molecule has 0 aliphatic carbocycles. The number of hydrogen-bond acceptors (Lipinski definition) is 7. The molecule has 1 aromatic carbocycles. The maximum Gasteiger partial charge on any atom is 0.251 e. The molecule has 0 atom stereocenters. The summed E-state index contributed by atoms with van der Waals surface area (Å²) in [7, 11) is 0. The molecule has 0 unspecified atom stereocenters. The van der Waals surface area contributed by atoms with Crippen molar-refractivity contribution >= 4 is 11.8 Å². The highest BCUT2D eigenvalue weighted by atomic mass is 16.5. The first-order valence-electron chi connectivity index (χ1n) is 9.18. The molecule has 1 N–H and O–H groups in total. The molecule has 0 spiro atoms. The van der Waals surface area contributed by atoms with Gasteiger partial charge in [0.2, 0.25) is 5.91 Å². The van der Waals surface area contributed by atoms with Gasteiger partial charge in [0.15, 0.2) is 5.82 Å². The van der Waals surface area contributed by atoms with Gasteiger partial charge in [-0.15, -0.1) is 5.10 Å². The lowest BCUT2D eigenvalue weighted by Crippen LogP contribution is -2.45. The van der Waals surface area contributed by atoms with E-state index in [0.29, 0.717) is 43.4 Å². The van der Waals surface area contributed by atoms with Crippen molar-refractivity contribution in [1.29, 1.82) is 0 Å². The number of rotatable bonds is 7. The number of hydrogen-bond donors (Lipinski definition) is 1. The minimum Gasteiger partial charge on any atom is -0.486 e. The van der Waals surface area contributed by atoms with Crippen LogP contribution >= 0.6 is 0 Å². The van der Waals surface area contributed by atoms with Crippen LogP contribution in [-0.4, -0.2) is 69.8 Å². The number of carbonyl (C=O) groups excluding carboxylic acids is 2. The van der Waals surface area contributed by atoms with Gasteiger partial charge in [0, 0.05) is 18.7 Å². The standard InChI is InChI=1S/C18H24N6O4/c1-13(2)24-16(20-21-22-24)12-28-15-5-3-14(4-6-15)18(26)19-11-17(25)23-7-9-27-10-8-23/h3-6,13H,7-12H2,1-2H3,(H,19,26). The topological polar surface area (TPSA) is 111 Å². The average Bonchev–Trinajstić information content (AvgIpc) is 3.20. The number of morpholine rings is 1. The highest BCUT2D eigenvalue weighted by Gasteiger charge is 2.17. The largest absolute Gasteiger partial charge is 0.486 e. The second-order valence-electron chi connectivity index (χ2n) is 6.62. The van der Waals surface area contributed by atoms with Crippen LogP contribution in [-0.2, 0) is 16.1 Å². The normalized spacial score (nSPS) is 14.2. The smallest absolute Gasteiger partial charge is 0.251 e. The fraction of sp³-hybridized carbons (Fsp3) is 0.500. The molecule has 2 aromatic rings. The molecule has 1 saturated heterocycles. The lowest BCUT2D eigenvalue weighted by Gasteiger charge is -2.26. The lowest BCUT2D eigenvalue weighted by molar-refractivity contribution is -0.134. The van der Waals surface area contributed by atoms with Crippen molar-refractivity contribution in [1.82, 2.24) is 30.4 Å². The number of benzene rings is 1. The van der Waals surface area contributed by atoms with Gasteiger partial charge in [0.05, 0.1) is 25.8 Å². The first-order chi connectivity index (χ1) is 13.5. The molecule has 3 rings (SSSR count). The van der Waals surface area contributed by atoms with Crippen molar-refractivity contribution in [3.63, 3.8) is 0 Å². The van der Waals surface area contributed by atoms with Crippen molar-refractivity contribution in [2.75, 3.05) is 32.8 Å². The summed E-state index contributed by atoms with van der Waals surface area (Å²) in [5.74, 6) is 0.800. The number of tetrazole rings is 1. The monoisotopic (exact) mass is 388 g/mol. The fourth-order valence-corrected chi connectivity index (χ4v) is 2.74. The second-order valence-corrected chi connectivity index (χ2v) is 6.62. The fourth-order valence-electron chi connectivity index (χ4n) is 2.74. The van der Waals surface area contributed by atoms with Crippen molar-refractivity contribution in [3.8, 4) is 5.75 Å². The molecule has 2 amide bonds. The Bertz CT molecular complexity index is 799. The summed E-state index contributed by atoms with van der Waals surface area (Å²) in [5.41, 5.74) is 0.453. The molecule has 0 saturated carbocycles. The van der Waals surface area contributed by atoms with E-state index in [-0.39, 0.29) is 31.0 Å². The van der Waals surface area contributed by atoms with Crippen LogP contribution in [0.4, 0.5) is 0 Å². The van der Waals surface area contributed by atoms with Gasteiger partial charge < -0.3 is 19.7 Å². The summed E-state index contributed by atoms with van der Waals surface area (Å²) in [6.45, 7) is 6.34. The van der Waals surface area contributed by atoms with Gasteiger partial charge in [0.25, 0.3) is 5.91 Å². The van der Waals surface area contributed by atoms with Crippen LogP contribution in [0.15, 0.2) is 24.3 Å². The first kappa shape index (κ1) is 19.7. The van der Waals surface area contributed by atoms with Crippen LogP contribution in [0.2, 0.25) is 0 Å². The van der Waals surface area contributed by atoms with Gasteiger partial charge in [-0.2, -0.15) is 0 Å². The molecule has 150 valence electrons. The number of amides is 2. The molecule has 1 aliphatic rings. The predicted molar refractivity (Wildman–Crippen MR) is 98.7 cm³/mol. The highest BCUT2D eigenvalue weighted by Crippen LogP contribution is 2.14. The van der Waals surface area contributed by atoms with E-state index in [0.717, 1.165) is 0 Å². The Labute approximate surface area is 162 Å². The Balaban J connectivity index is 1.48. The molecule has 0 bridgehead atoms. The summed E-state index contributed by atoms with van der Waals surface area (Å²) in [5, 5.41) is 14.2. The van der Waals surface area contributed by atoms with Crippen molar-refractivity contribution in [2.24, 2.45) is 0 Å². The van der Waals surface area contributed by atoms with Crippen LogP contribution in [0.5, 0.6) is 5.75 Å². The zero-order valence-electron chi connectivity index (χ0n) is 16.0. The molecule has 10 heteroatoms. The maximum atomic E-state index is 12.2. The minimum absolute atomic E-state index is 0.0328. The Morgan fingerprint density at radius 2 is 1.93 bits per heavy atom. The van der Waals surface area contributed by atoms with Crippen LogP contribution < -0.4 is 10.1 Å². The zero-order valence-corrected chi connectivity index (χ0v) is 16.0. The van der Waals surface area contributed by atoms with E-state index >= 15 is 0 Å².